The van der Waals surface area contributed by atoms with E-state index < -0.39 is 11.5 Å². The number of carbonyl (C=O) groups is 1. The number of likely N-dealkylation sites (tertiary alicyclic amines) is 1. The second-order valence-electron chi connectivity index (χ2n) is 3.43. The maximum absolute atomic E-state index is 12.5. The summed E-state index contributed by atoms with van der Waals surface area (Å²) in [4.78, 5) is 12.4. The third-order valence-corrected chi connectivity index (χ3v) is 3.60. The zero-order chi connectivity index (χ0) is 11.7. The SMILES string of the molecule is O=C(C(F)Cl)N1CC(c2nnc(CO)s2)C1. The molecule has 1 N–H and O–H groups in total. The number of aliphatic hydroxyl groups is 1. The number of alkyl halides is 2. The van der Waals surface area contributed by atoms with Gasteiger partial charge in [0.2, 0.25) is 0 Å². The smallest absolute Gasteiger partial charge is 0.272 e. The number of rotatable bonds is 3. The molecule has 16 heavy (non-hydrogen) atoms. The lowest BCUT2D eigenvalue weighted by molar-refractivity contribution is -0.138. The summed E-state index contributed by atoms with van der Waals surface area (Å²) < 4.78 is 12.5. The van der Waals surface area contributed by atoms with Gasteiger partial charge in [0.1, 0.15) is 10.0 Å². The Bertz CT molecular complexity index is 394. The van der Waals surface area contributed by atoms with Crippen LogP contribution in [0.4, 0.5) is 4.39 Å². The lowest BCUT2D eigenvalue weighted by Gasteiger charge is -2.37. The second-order valence-corrected chi connectivity index (χ2v) is 4.91. The molecule has 1 fully saturated rings. The van der Waals surface area contributed by atoms with Crippen molar-refractivity contribution in [1.29, 1.82) is 0 Å². The number of carbonyl (C=O) groups excluding carboxylic acids is 1. The Hall–Kier alpha value is -0.790. The topological polar surface area (TPSA) is 66.3 Å². The molecule has 1 aliphatic rings. The Labute approximate surface area is 99.8 Å². The van der Waals surface area contributed by atoms with Crippen LogP contribution in [0, 0.1) is 0 Å². The molecule has 88 valence electrons. The van der Waals surface area contributed by atoms with Gasteiger partial charge >= 0.3 is 0 Å². The Morgan fingerprint density at radius 3 is 2.88 bits per heavy atom. The molecule has 0 spiro atoms. The average Bonchev–Trinajstić information content (AvgIpc) is 2.63. The minimum Gasteiger partial charge on any atom is -0.389 e. The fourth-order valence-electron chi connectivity index (χ4n) is 1.45. The summed E-state index contributed by atoms with van der Waals surface area (Å²) >= 11 is 6.34. The van der Waals surface area contributed by atoms with Crippen LogP contribution in [0.1, 0.15) is 15.9 Å². The highest BCUT2D eigenvalue weighted by atomic mass is 35.5. The van der Waals surface area contributed by atoms with Gasteiger partial charge in [-0.15, -0.1) is 10.2 Å². The first-order valence-electron chi connectivity index (χ1n) is 4.62. The van der Waals surface area contributed by atoms with Gasteiger partial charge in [0, 0.05) is 19.0 Å². The largest absolute Gasteiger partial charge is 0.389 e. The molecule has 1 aliphatic heterocycles. The van der Waals surface area contributed by atoms with Crippen molar-refractivity contribution in [2.24, 2.45) is 0 Å². The predicted molar refractivity (Wildman–Crippen MR) is 55.9 cm³/mol. The summed E-state index contributed by atoms with van der Waals surface area (Å²) in [5, 5.41) is 17.8. The van der Waals surface area contributed by atoms with E-state index in [0.717, 1.165) is 5.01 Å². The quantitative estimate of drug-likeness (QED) is 0.808. The van der Waals surface area contributed by atoms with E-state index in [1.54, 1.807) is 0 Å². The molecule has 5 nitrogen and oxygen atoms in total. The zero-order valence-electron chi connectivity index (χ0n) is 8.14. The van der Waals surface area contributed by atoms with Crippen LogP contribution in [0.5, 0.6) is 0 Å². The summed E-state index contributed by atoms with van der Waals surface area (Å²) in [5.74, 6) is -0.623. The van der Waals surface area contributed by atoms with Crippen LogP contribution in [0.15, 0.2) is 0 Å². The van der Waals surface area contributed by atoms with Crippen molar-refractivity contribution in [1.82, 2.24) is 15.1 Å². The minimum absolute atomic E-state index is 0.0807. The molecular formula is C8H9ClFN3O2S. The standard InChI is InChI=1S/C8H9ClFN3O2S/c9-6(10)8(15)13-1-4(2-13)7-12-11-5(3-14)16-7/h4,6,14H,1-3H2. The van der Waals surface area contributed by atoms with Gasteiger partial charge in [-0.25, -0.2) is 4.39 Å². The van der Waals surface area contributed by atoms with Gasteiger partial charge in [0.15, 0.2) is 0 Å². The van der Waals surface area contributed by atoms with Crippen molar-refractivity contribution in [3.05, 3.63) is 10.0 Å². The number of hydrogen-bond acceptors (Lipinski definition) is 5. The van der Waals surface area contributed by atoms with Gasteiger partial charge in [-0.1, -0.05) is 22.9 Å². The molecular weight excluding hydrogens is 257 g/mol. The molecule has 2 rings (SSSR count). The maximum Gasteiger partial charge on any atom is 0.272 e. The van der Waals surface area contributed by atoms with Gasteiger partial charge in [0.25, 0.3) is 11.5 Å². The van der Waals surface area contributed by atoms with Crippen molar-refractivity contribution in [2.45, 2.75) is 18.2 Å². The fraction of sp³-hybridized carbons (Fsp3) is 0.625. The number of halogens is 2. The molecule has 8 heteroatoms. The van der Waals surface area contributed by atoms with E-state index >= 15 is 0 Å². The van der Waals surface area contributed by atoms with Crippen LogP contribution in [-0.2, 0) is 11.4 Å². The third-order valence-electron chi connectivity index (χ3n) is 2.35. The first kappa shape index (κ1) is 11.7. The van der Waals surface area contributed by atoms with E-state index in [4.69, 9.17) is 16.7 Å². The molecule has 1 unspecified atom stereocenters. The van der Waals surface area contributed by atoms with E-state index in [1.165, 1.54) is 16.2 Å². The molecule has 1 aromatic rings. The first-order chi connectivity index (χ1) is 7.61. The molecule has 1 aromatic heterocycles. The monoisotopic (exact) mass is 265 g/mol. The fourth-order valence-corrected chi connectivity index (χ4v) is 2.37. The second kappa shape index (κ2) is 4.60. The summed E-state index contributed by atoms with van der Waals surface area (Å²) in [7, 11) is 0. The number of amides is 1. The van der Waals surface area contributed by atoms with Crippen LogP contribution < -0.4 is 0 Å². The predicted octanol–water partition coefficient (Wildman–Crippen LogP) is 0.491. The van der Waals surface area contributed by atoms with Crippen LogP contribution in [0.3, 0.4) is 0 Å². The summed E-state index contributed by atoms with van der Waals surface area (Å²) in [6, 6.07) is 0. The Balaban J connectivity index is 1.90. The van der Waals surface area contributed by atoms with Crippen LogP contribution >= 0.6 is 22.9 Å². The van der Waals surface area contributed by atoms with Crippen molar-refractivity contribution < 1.29 is 14.3 Å². The lowest BCUT2D eigenvalue weighted by atomic mass is 10.0. The highest BCUT2D eigenvalue weighted by Gasteiger charge is 2.36. The van der Waals surface area contributed by atoms with Gasteiger partial charge in [0.05, 0.1) is 6.61 Å². The average molecular weight is 266 g/mol. The van der Waals surface area contributed by atoms with Gasteiger partial charge in [-0.05, 0) is 0 Å². The van der Waals surface area contributed by atoms with E-state index in [9.17, 15) is 9.18 Å². The van der Waals surface area contributed by atoms with Crippen molar-refractivity contribution in [3.63, 3.8) is 0 Å². The highest BCUT2D eigenvalue weighted by Crippen LogP contribution is 2.30. The molecule has 1 atom stereocenters. The van der Waals surface area contributed by atoms with E-state index in [0.29, 0.717) is 18.1 Å². The molecule has 0 bridgehead atoms. The number of hydrogen-bond donors (Lipinski definition) is 1. The Morgan fingerprint density at radius 2 is 2.38 bits per heavy atom. The molecule has 0 aliphatic carbocycles. The number of aromatic nitrogens is 2. The summed E-state index contributed by atoms with van der Waals surface area (Å²) in [5.41, 5.74) is -1.97. The first-order valence-corrected chi connectivity index (χ1v) is 5.87. The maximum atomic E-state index is 12.5. The zero-order valence-corrected chi connectivity index (χ0v) is 9.71. The summed E-state index contributed by atoms with van der Waals surface area (Å²) in [6.07, 6.45) is 0. The third kappa shape index (κ3) is 2.16. The molecule has 2 heterocycles. The molecule has 0 saturated carbocycles. The van der Waals surface area contributed by atoms with Gasteiger partial charge in [-0.2, -0.15) is 0 Å². The molecule has 1 saturated heterocycles. The lowest BCUT2D eigenvalue weighted by Crippen LogP contribution is -2.50. The van der Waals surface area contributed by atoms with Gasteiger partial charge < -0.3 is 10.0 Å². The minimum atomic E-state index is -1.97. The van der Waals surface area contributed by atoms with Crippen LogP contribution in [0.25, 0.3) is 0 Å². The van der Waals surface area contributed by atoms with Crippen molar-refractivity contribution in [3.8, 4) is 0 Å². The van der Waals surface area contributed by atoms with Crippen molar-refractivity contribution >= 4 is 28.8 Å². The Morgan fingerprint density at radius 1 is 1.69 bits per heavy atom. The number of aliphatic hydroxyl groups excluding tert-OH is 1. The van der Waals surface area contributed by atoms with E-state index in [1.807, 2.05) is 0 Å². The number of nitrogens with zero attached hydrogens (tertiary/aromatic N) is 3. The normalized spacial score (nSPS) is 18.3. The van der Waals surface area contributed by atoms with Crippen molar-refractivity contribution in [2.75, 3.05) is 13.1 Å². The van der Waals surface area contributed by atoms with Crippen LogP contribution in [-0.4, -0.2) is 44.8 Å². The van der Waals surface area contributed by atoms with Gasteiger partial charge in [-0.3, -0.25) is 4.79 Å². The Kier molecular flexibility index (Phi) is 3.36. The van der Waals surface area contributed by atoms with E-state index in [-0.39, 0.29) is 12.5 Å². The highest BCUT2D eigenvalue weighted by molar-refractivity contribution is 7.11. The molecule has 1 amide bonds. The molecule has 0 radical (unpaired) electrons. The molecule has 0 aromatic carbocycles. The van der Waals surface area contributed by atoms with Crippen LogP contribution in [0.2, 0.25) is 0 Å². The summed E-state index contributed by atoms with van der Waals surface area (Å²) in [6.45, 7) is 0.680. The van der Waals surface area contributed by atoms with E-state index in [2.05, 4.69) is 10.2 Å².